The third-order valence-electron chi connectivity index (χ3n) is 5.13. The van der Waals surface area contributed by atoms with Gasteiger partial charge in [0.1, 0.15) is 11.6 Å². The second-order valence-electron chi connectivity index (χ2n) is 7.21. The summed E-state index contributed by atoms with van der Waals surface area (Å²) in [4.78, 5) is -0.391. The Hall–Kier alpha value is -1.14. The smallest absolute Gasteiger partial charge is 0.243 e. The summed E-state index contributed by atoms with van der Waals surface area (Å²) >= 11 is 0. The molecular formula is C17H24F2N2O5S2. The highest BCUT2D eigenvalue weighted by molar-refractivity contribution is 7.89. The Morgan fingerprint density at radius 2 is 1.25 bits per heavy atom. The van der Waals surface area contributed by atoms with Crippen LogP contribution in [-0.4, -0.2) is 70.1 Å². The van der Waals surface area contributed by atoms with E-state index >= 15 is 0 Å². The van der Waals surface area contributed by atoms with Gasteiger partial charge in [-0.3, -0.25) is 0 Å². The predicted octanol–water partition coefficient (Wildman–Crippen LogP) is 1.56. The van der Waals surface area contributed by atoms with E-state index in [1.54, 1.807) is 0 Å². The predicted molar refractivity (Wildman–Crippen MR) is 98.7 cm³/mol. The average Bonchev–Trinajstić information content (AvgIpc) is 2.61. The van der Waals surface area contributed by atoms with Gasteiger partial charge >= 0.3 is 0 Å². The van der Waals surface area contributed by atoms with Crippen LogP contribution in [0.1, 0.15) is 25.7 Å². The Morgan fingerprint density at radius 3 is 1.68 bits per heavy atom. The maximum Gasteiger partial charge on any atom is 0.243 e. The monoisotopic (exact) mass is 438 g/mol. The Kier molecular flexibility index (Phi) is 6.40. The number of hydrogen-bond acceptors (Lipinski definition) is 5. The highest BCUT2D eigenvalue weighted by Crippen LogP contribution is 2.26. The summed E-state index contributed by atoms with van der Waals surface area (Å²) in [6.07, 6.45) is 3.18. The molecule has 0 aliphatic carbocycles. The summed E-state index contributed by atoms with van der Waals surface area (Å²) in [6, 6.07) is 2.27. The molecule has 0 N–H and O–H groups in total. The molecule has 0 saturated carbocycles. The number of ether oxygens (including phenoxy) is 1. The van der Waals surface area contributed by atoms with Crippen molar-refractivity contribution in [3.05, 3.63) is 29.8 Å². The molecule has 7 nitrogen and oxygen atoms in total. The zero-order valence-electron chi connectivity index (χ0n) is 15.6. The minimum absolute atomic E-state index is 0.0523. The Balaban J connectivity index is 1.53. The van der Waals surface area contributed by atoms with Crippen LogP contribution < -0.4 is 0 Å². The lowest BCUT2D eigenvalue weighted by molar-refractivity contribution is -0.0519. The topological polar surface area (TPSA) is 84.0 Å². The van der Waals surface area contributed by atoms with E-state index in [2.05, 4.69) is 0 Å². The van der Waals surface area contributed by atoms with E-state index in [4.69, 9.17) is 4.74 Å². The van der Waals surface area contributed by atoms with Crippen molar-refractivity contribution in [3.8, 4) is 0 Å². The molecule has 1 aromatic rings. The van der Waals surface area contributed by atoms with Crippen molar-refractivity contribution in [1.29, 1.82) is 0 Å². The van der Waals surface area contributed by atoms with E-state index in [-0.39, 0.29) is 25.3 Å². The van der Waals surface area contributed by atoms with Gasteiger partial charge in [-0.25, -0.2) is 29.9 Å². The standard InChI is InChI=1S/C17H24F2N2O5S2/c1-27(22,23)20-6-2-15(3-7-20)26-16-4-8-21(9-5-16)28(24,25)17-11-13(18)10-14(19)12-17/h10-12,15-16H,2-9H2,1H3. The van der Waals surface area contributed by atoms with E-state index < -0.39 is 36.6 Å². The third kappa shape index (κ3) is 5.07. The van der Waals surface area contributed by atoms with Crippen LogP contribution >= 0.6 is 0 Å². The molecule has 2 saturated heterocycles. The zero-order valence-corrected chi connectivity index (χ0v) is 17.2. The van der Waals surface area contributed by atoms with Gasteiger partial charge in [0.25, 0.3) is 0 Å². The zero-order chi connectivity index (χ0) is 20.5. The molecule has 2 fully saturated rings. The maximum atomic E-state index is 13.4. The summed E-state index contributed by atoms with van der Waals surface area (Å²) in [6.45, 7) is 1.24. The molecule has 0 amide bonds. The number of sulfonamides is 2. The summed E-state index contributed by atoms with van der Waals surface area (Å²) in [5.41, 5.74) is 0. The lowest BCUT2D eigenvalue weighted by atomic mass is 10.1. The van der Waals surface area contributed by atoms with Crippen LogP contribution in [0.2, 0.25) is 0 Å². The summed E-state index contributed by atoms with van der Waals surface area (Å²) < 4.78 is 83.7. The van der Waals surface area contributed by atoms with Crippen LogP contribution in [-0.2, 0) is 24.8 Å². The Labute approximate surface area is 164 Å². The van der Waals surface area contributed by atoms with Crippen molar-refractivity contribution in [2.45, 2.75) is 42.8 Å². The highest BCUT2D eigenvalue weighted by atomic mass is 32.2. The number of nitrogens with zero attached hydrogens (tertiary/aromatic N) is 2. The quantitative estimate of drug-likeness (QED) is 0.697. The molecule has 28 heavy (non-hydrogen) atoms. The molecule has 2 heterocycles. The molecule has 0 bridgehead atoms. The fraction of sp³-hybridized carbons (Fsp3) is 0.647. The minimum atomic E-state index is -3.96. The van der Waals surface area contributed by atoms with E-state index in [9.17, 15) is 25.6 Å². The van der Waals surface area contributed by atoms with Crippen molar-refractivity contribution in [1.82, 2.24) is 8.61 Å². The molecule has 0 atom stereocenters. The number of piperidine rings is 2. The molecule has 3 rings (SSSR count). The van der Waals surface area contributed by atoms with Gasteiger partial charge in [0, 0.05) is 32.2 Å². The average molecular weight is 439 g/mol. The first-order valence-corrected chi connectivity index (χ1v) is 12.4. The van der Waals surface area contributed by atoms with Crippen molar-refractivity contribution in [2.75, 3.05) is 32.4 Å². The van der Waals surface area contributed by atoms with Gasteiger partial charge in [0.05, 0.1) is 23.4 Å². The van der Waals surface area contributed by atoms with Gasteiger partial charge in [0.15, 0.2) is 0 Å². The van der Waals surface area contributed by atoms with Gasteiger partial charge in [-0.1, -0.05) is 0 Å². The summed E-state index contributed by atoms with van der Waals surface area (Å²) in [5, 5.41) is 0. The van der Waals surface area contributed by atoms with E-state index in [1.807, 2.05) is 0 Å². The van der Waals surface area contributed by atoms with Crippen LogP contribution in [0.25, 0.3) is 0 Å². The normalized spacial score (nSPS) is 21.8. The third-order valence-corrected chi connectivity index (χ3v) is 8.31. The number of rotatable bonds is 5. The molecule has 0 radical (unpaired) electrons. The van der Waals surface area contributed by atoms with Crippen LogP contribution in [0.15, 0.2) is 23.1 Å². The Morgan fingerprint density at radius 1 is 0.821 bits per heavy atom. The lowest BCUT2D eigenvalue weighted by Crippen LogP contribution is -2.44. The van der Waals surface area contributed by atoms with Crippen molar-refractivity contribution >= 4 is 20.0 Å². The van der Waals surface area contributed by atoms with Crippen molar-refractivity contribution < 1.29 is 30.4 Å². The minimum Gasteiger partial charge on any atom is -0.375 e. The second-order valence-corrected chi connectivity index (χ2v) is 11.1. The molecule has 2 aliphatic heterocycles. The second kappa shape index (κ2) is 8.31. The maximum absolute atomic E-state index is 13.4. The number of halogens is 2. The van der Waals surface area contributed by atoms with Gasteiger partial charge < -0.3 is 4.74 Å². The fourth-order valence-electron chi connectivity index (χ4n) is 3.61. The van der Waals surface area contributed by atoms with Crippen LogP contribution in [0.3, 0.4) is 0 Å². The van der Waals surface area contributed by atoms with Gasteiger partial charge in [-0.05, 0) is 37.8 Å². The lowest BCUT2D eigenvalue weighted by Gasteiger charge is -2.36. The highest BCUT2D eigenvalue weighted by Gasteiger charge is 2.33. The molecule has 158 valence electrons. The molecule has 2 aliphatic rings. The first-order chi connectivity index (χ1) is 13.1. The molecule has 11 heteroatoms. The molecule has 0 unspecified atom stereocenters. The van der Waals surface area contributed by atoms with Gasteiger partial charge in [-0.15, -0.1) is 0 Å². The van der Waals surface area contributed by atoms with E-state index in [0.29, 0.717) is 44.8 Å². The molecular weight excluding hydrogens is 414 g/mol. The molecule has 0 spiro atoms. The van der Waals surface area contributed by atoms with Gasteiger partial charge in [0.2, 0.25) is 20.0 Å². The van der Waals surface area contributed by atoms with Gasteiger partial charge in [-0.2, -0.15) is 4.31 Å². The first-order valence-electron chi connectivity index (χ1n) is 9.12. The Bertz CT molecular complexity index is 887. The molecule has 0 aromatic heterocycles. The number of benzene rings is 1. The SMILES string of the molecule is CS(=O)(=O)N1CCC(OC2CCN(S(=O)(=O)c3cc(F)cc(F)c3)CC2)CC1. The summed E-state index contributed by atoms with van der Waals surface area (Å²) in [7, 11) is -7.15. The van der Waals surface area contributed by atoms with E-state index in [1.165, 1.54) is 14.9 Å². The summed E-state index contributed by atoms with van der Waals surface area (Å²) in [5.74, 6) is -1.87. The van der Waals surface area contributed by atoms with Crippen LogP contribution in [0.4, 0.5) is 8.78 Å². The molecule has 1 aromatic carbocycles. The van der Waals surface area contributed by atoms with Crippen molar-refractivity contribution in [2.24, 2.45) is 0 Å². The fourth-order valence-corrected chi connectivity index (χ4v) is 5.99. The number of hydrogen-bond donors (Lipinski definition) is 0. The van der Waals surface area contributed by atoms with E-state index in [0.717, 1.165) is 12.1 Å². The largest absolute Gasteiger partial charge is 0.375 e. The van der Waals surface area contributed by atoms with Crippen molar-refractivity contribution in [3.63, 3.8) is 0 Å². The van der Waals surface area contributed by atoms with Crippen LogP contribution in [0.5, 0.6) is 0 Å². The first kappa shape index (κ1) is 21.6. The van der Waals surface area contributed by atoms with Crippen LogP contribution in [0, 0.1) is 11.6 Å².